The summed E-state index contributed by atoms with van der Waals surface area (Å²) in [6.07, 6.45) is -0.266. The lowest BCUT2D eigenvalue weighted by Crippen LogP contribution is -2.14. The maximum atomic E-state index is 12.7. The third kappa shape index (κ3) is 6.16. The molecule has 0 unspecified atom stereocenters. The number of anilines is 2. The van der Waals surface area contributed by atoms with Crippen molar-refractivity contribution in [2.75, 3.05) is 10.6 Å². The van der Waals surface area contributed by atoms with E-state index >= 15 is 0 Å². The highest BCUT2D eigenvalue weighted by Gasteiger charge is 2.30. The van der Waals surface area contributed by atoms with Gasteiger partial charge >= 0.3 is 6.18 Å². The zero-order chi connectivity index (χ0) is 20.6. The second-order valence-electron chi connectivity index (χ2n) is 6.15. The van der Waals surface area contributed by atoms with Crippen LogP contribution >= 0.6 is 0 Å². The zero-order valence-corrected chi connectivity index (χ0v) is 15.3. The number of nitrogens with one attached hydrogen (secondary N) is 2. The predicted octanol–water partition coefficient (Wildman–Crippen LogP) is 5.51. The van der Waals surface area contributed by atoms with E-state index in [0.29, 0.717) is 5.69 Å². The standard InChI is InChI=1S/C21H20F3N3O/c1-2-3-5-15-8-10-18(11-9-15)27-20(28)16(13-25)14-26-19-7-4-6-17(12-19)21(22,23)24/h4,6-12,14,26H,2-3,5H2,1H3,(H,27,28)/b16-14-. The van der Waals surface area contributed by atoms with Crippen LogP contribution in [0.25, 0.3) is 0 Å². The quantitative estimate of drug-likeness (QED) is 0.487. The fraction of sp³-hybridized carbons (Fsp3) is 0.238. The highest BCUT2D eigenvalue weighted by Crippen LogP contribution is 2.30. The normalized spacial score (nSPS) is 11.6. The first-order valence-corrected chi connectivity index (χ1v) is 8.78. The summed E-state index contributed by atoms with van der Waals surface area (Å²) in [4.78, 5) is 12.2. The Morgan fingerprint density at radius 3 is 2.46 bits per heavy atom. The van der Waals surface area contributed by atoms with Gasteiger partial charge in [0.25, 0.3) is 5.91 Å². The maximum absolute atomic E-state index is 12.7. The number of unbranched alkanes of at least 4 members (excludes halogenated alkanes) is 1. The molecule has 0 saturated carbocycles. The maximum Gasteiger partial charge on any atom is 0.416 e. The van der Waals surface area contributed by atoms with E-state index in [9.17, 15) is 23.2 Å². The molecule has 2 rings (SSSR count). The minimum absolute atomic E-state index is 0.121. The molecule has 0 bridgehead atoms. The molecule has 2 aromatic rings. The minimum Gasteiger partial charge on any atom is -0.360 e. The summed E-state index contributed by atoms with van der Waals surface area (Å²) in [7, 11) is 0. The van der Waals surface area contributed by atoms with Gasteiger partial charge in [-0.05, 0) is 48.7 Å². The summed E-state index contributed by atoms with van der Waals surface area (Å²) in [6.45, 7) is 2.11. The molecule has 0 aliphatic rings. The first kappa shape index (κ1) is 21.0. The van der Waals surface area contributed by atoms with E-state index in [-0.39, 0.29) is 11.3 Å². The number of carbonyl (C=O) groups is 1. The van der Waals surface area contributed by atoms with Crippen molar-refractivity contribution in [3.63, 3.8) is 0 Å². The van der Waals surface area contributed by atoms with Gasteiger partial charge in [0, 0.05) is 17.6 Å². The largest absolute Gasteiger partial charge is 0.416 e. The van der Waals surface area contributed by atoms with Crippen LogP contribution in [0.4, 0.5) is 24.5 Å². The average Bonchev–Trinajstić information content (AvgIpc) is 2.67. The Labute approximate surface area is 161 Å². The van der Waals surface area contributed by atoms with Crippen molar-refractivity contribution in [2.45, 2.75) is 32.4 Å². The van der Waals surface area contributed by atoms with E-state index in [1.807, 2.05) is 12.1 Å². The lowest BCUT2D eigenvalue weighted by Gasteiger charge is -2.09. The number of nitrogens with zero attached hydrogens (tertiary/aromatic N) is 1. The van der Waals surface area contributed by atoms with Crippen LogP contribution in [-0.4, -0.2) is 5.91 Å². The zero-order valence-electron chi connectivity index (χ0n) is 15.3. The first-order valence-electron chi connectivity index (χ1n) is 8.78. The van der Waals surface area contributed by atoms with Gasteiger partial charge in [-0.25, -0.2) is 0 Å². The number of amides is 1. The van der Waals surface area contributed by atoms with Crippen LogP contribution in [0.5, 0.6) is 0 Å². The van der Waals surface area contributed by atoms with E-state index in [2.05, 4.69) is 17.6 Å². The number of alkyl halides is 3. The summed E-state index contributed by atoms with van der Waals surface area (Å²) >= 11 is 0. The first-order chi connectivity index (χ1) is 13.3. The van der Waals surface area contributed by atoms with Crippen LogP contribution in [0.3, 0.4) is 0 Å². The van der Waals surface area contributed by atoms with Crippen LogP contribution in [-0.2, 0) is 17.4 Å². The predicted molar refractivity (Wildman–Crippen MR) is 102 cm³/mol. The highest BCUT2D eigenvalue weighted by molar-refractivity contribution is 6.06. The van der Waals surface area contributed by atoms with Gasteiger partial charge in [0.15, 0.2) is 0 Å². The van der Waals surface area contributed by atoms with Crippen LogP contribution in [0.15, 0.2) is 60.3 Å². The molecule has 7 heteroatoms. The molecule has 28 heavy (non-hydrogen) atoms. The fourth-order valence-electron chi connectivity index (χ4n) is 2.42. The lowest BCUT2D eigenvalue weighted by atomic mass is 10.1. The van der Waals surface area contributed by atoms with Crippen molar-refractivity contribution in [3.05, 3.63) is 71.4 Å². The Kier molecular flexibility index (Phi) is 7.21. The van der Waals surface area contributed by atoms with Crippen molar-refractivity contribution in [1.29, 1.82) is 5.26 Å². The Hall–Kier alpha value is -3.27. The van der Waals surface area contributed by atoms with E-state index in [1.165, 1.54) is 12.1 Å². The SMILES string of the molecule is CCCCc1ccc(NC(=O)/C(C#N)=C\Nc2cccc(C(F)(F)F)c2)cc1. The van der Waals surface area contributed by atoms with Gasteiger partial charge in [-0.15, -0.1) is 0 Å². The monoisotopic (exact) mass is 387 g/mol. The second kappa shape index (κ2) is 9.60. The Balaban J connectivity index is 2.04. The van der Waals surface area contributed by atoms with Crippen molar-refractivity contribution >= 4 is 17.3 Å². The molecule has 0 aromatic heterocycles. The van der Waals surface area contributed by atoms with Crippen molar-refractivity contribution in [1.82, 2.24) is 0 Å². The number of rotatable bonds is 7. The van der Waals surface area contributed by atoms with Crippen LogP contribution in [0, 0.1) is 11.3 Å². The Morgan fingerprint density at radius 1 is 1.14 bits per heavy atom. The third-order valence-electron chi connectivity index (χ3n) is 3.97. The lowest BCUT2D eigenvalue weighted by molar-refractivity contribution is -0.137. The molecule has 4 nitrogen and oxygen atoms in total. The highest BCUT2D eigenvalue weighted by atomic mass is 19.4. The van der Waals surface area contributed by atoms with Crippen molar-refractivity contribution in [2.24, 2.45) is 0 Å². The molecule has 0 saturated heterocycles. The molecule has 0 spiro atoms. The molecule has 0 radical (unpaired) electrons. The molecule has 0 atom stereocenters. The fourth-order valence-corrected chi connectivity index (χ4v) is 2.42. The molecule has 146 valence electrons. The summed E-state index contributed by atoms with van der Waals surface area (Å²) in [5.74, 6) is -0.650. The number of hydrogen-bond acceptors (Lipinski definition) is 3. The van der Waals surface area contributed by atoms with E-state index in [4.69, 9.17) is 0 Å². The average molecular weight is 387 g/mol. The molecule has 2 N–H and O–H groups in total. The Bertz CT molecular complexity index is 881. The van der Waals surface area contributed by atoms with E-state index < -0.39 is 17.6 Å². The van der Waals surface area contributed by atoms with Crippen LogP contribution in [0.2, 0.25) is 0 Å². The molecule has 0 fully saturated rings. The molecule has 2 aromatic carbocycles. The number of carbonyl (C=O) groups excluding carboxylic acids is 1. The molecule has 0 aliphatic carbocycles. The number of hydrogen-bond donors (Lipinski definition) is 2. The summed E-state index contributed by atoms with van der Waals surface area (Å²) in [5.41, 5.74) is 0.729. The van der Waals surface area contributed by atoms with Crippen molar-refractivity contribution < 1.29 is 18.0 Å². The minimum atomic E-state index is -4.47. The Morgan fingerprint density at radius 2 is 1.86 bits per heavy atom. The molecule has 0 aliphatic heterocycles. The van der Waals surface area contributed by atoms with Gasteiger partial charge < -0.3 is 10.6 Å². The topological polar surface area (TPSA) is 64.9 Å². The van der Waals surface area contributed by atoms with Crippen LogP contribution < -0.4 is 10.6 Å². The van der Waals surface area contributed by atoms with Gasteiger partial charge in [0.2, 0.25) is 0 Å². The van der Waals surface area contributed by atoms with E-state index in [0.717, 1.165) is 43.2 Å². The summed E-state index contributed by atoms with van der Waals surface area (Å²) in [6, 6.07) is 13.5. The summed E-state index contributed by atoms with van der Waals surface area (Å²) in [5, 5.41) is 14.3. The molecular weight excluding hydrogens is 367 g/mol. The number of aryl methyl sites for hydroxylation is 1. The van der Waals surface area contributed by atoms with Gasteiger partial charge in [0.05, 0.1) is 5.56 Å². The molecular formula is C21H20F3N3O. The molecule has 1 amide bonds. The van der Waals surface area contributed by atoms with Gasteiger partial charge in [0.1, 0.15) is 11.6 Å². The van der Waals surface area contributed by atoms with Gasteiger partial charge in [-0.1, -0.05) is 31.5 Å². The van der Waals surface area contributed by atoms with Crippen molar-refractivity contribution in [3.8, 4) is 6.07 Å². The number of benzene rings is 2. The van der Waals surface area contributed by atoms with Gasteiger partial charge in [-0.2, -0.15) is 18.4 Å². The van der Waals surface area contributed by atoms with Crippen LogP contribution in [0.1, 0.15) is 30.9 Å². The third-order valence-corrected chi connectivity index (χ3v) is 3.97. The smallest absolute Gasteiger partial charge is 0.360 e. The van der Waals surface area contributed by atoms with E-state index in [1.54, 1.807) is 18.2 Å². The summed E-state index contributed by atoms with van der Waals surface area (Å²) < 4.78 is 38.2. The number of nitriles is 1. The molecule has 0 heterocycles. The second-order valence-corrected chi connectivity index (χ2v) is 6.15. The number of halogens is 3. The van der Waals surface area contributed by atoms with Gasteiger partial charge in [-0.3, -0.25) is 4.79 Å².